The van der Waals surface area contributed by atoms with Crippen molar-refractivity contribution in [3.05, 3.63) is 65.2 Å². The molecular weight excluding hydrogens is 408 g/mol. The first-order chi connectivity index (χ1) is 14.9. The van der Waals surface area contributed by atoms with E-state index in [-0.39, 0.29) is 11.4 Å². The number of allylic oxidation sites excluding steroid dienone is 2. The van der Waals surface area contributed by atoms with E-state index in [0.29, 0.717) is 12.4 Å². The third-order valence-corrected chi connectivity index (χ3v) is 6.47. The van der Waals surface area contributed by atoms with Gasteiger partial charge in [-0.15, -0.1) is 11.8 Å². The van der Waals surface area contributed by atoms with Crippen molar-refractivity contribution < 1.29 is 14.3 Å². The Bertz CT molecular complexity index is 997. The number of ether oxygens (including phenoxy) is 2. The number of benzene rings is 2. The van der Waals surface area contributed by atoms with E-state index >= 15 is 0 Å². The average Bonchev–Trinajstić information content (AvgIpc) is 2.75. The van der Waals surface area contributed by atoms with E-state index in [0.717, 1.165) is 35.7 Å². The molecule has 0 aromatic heterocycles. The highest BCUT2D eigenvalue weighted by atomic mass is 32.2. The van der Waals surface area contributed by atoms with Gasteiger partial charge in [0.1, 0.15) is 11.5 Å². The Morgan fingerprint density at radius 2 is 1.81 bits per heavy atom. The van der Waals surface area contributed by atoms with Crippen LogP contribution in [0.3, 0.4) is 0 Å². The first-order valence-electron chi connectivity index (χ1n) is 10.6. The summed E-state index contributed by atoms with van der Waals surface area (Å²) in [6, 6.07) is 17.3. The van der Waals surface area contributed by atoms with Crippen LogP contribution in [-0.4, -0.2) is 30.1 Å². The first kappa shape index (κ1) is 21.5. The number of nitrogens with one attached hydrogen (secondary N) is 1. The van der Waals surface area contributed by atoms with Gasteiger partial charge in [0.15, 0.2) is 6.04 Å². The Kier molecular flexibility index (Phi) is 6.37. The Labute approximate surface area is 187 Å². The van der Waals surface area contributed by atoms with Crippen molar-refractivity contribution in [1.82, 2.24) is 0 Å². The zero-order valence-electron chi connectivity index (χ0n) is 18.2. The van der Waals surface area contributed by atoms with Crippen LogP contribution in [0.15, 0.2) is 70.2 Å². The van der Waals surface area contributed by atoms with Crippen molar-refractivity contribution in [2.24, 2.45) is 10.4 Å². The molecule has 0 radical (unpaired) electrons. The van der Waals surface area contributed by atoms with E-state index in [1.54, 1.807) is 11.8 Å². The molecule has 1 N–H and O–H groups in total. The molecule has 2 aromatic carbocycles. The minimum atomic E-state index is -0.409. The number of carbonyl (C=O) groups is 1. The maximum Gasteiger partial charge on any atom is 0.331 e. The summed E-state index contributed by atoms with van der Waals surface area (Å²) in [6.45, 7) is 6.69. The molecule has 1 aliphatic carbocycles. The van der Waals surface area contributed by atoms with Crippen LogP contribution >= 0.6 is 11.8 Å². The molecule has 1 atom stereocenters. The van der Waals surface area contributed by atoms with Crippen LogP contribution in [0.4, 0.5) is 5.69 Å². The smallest absolute Gasteiger partial charge is 0.331 e. The molecule has 162 valence electrons. The second-order valence-corrected chi connectivity index (χ2v) is 9.57. The Hall–Kier alpha value is -2.73. The molecule has 4 rings (SSSR count). The van der Waals surface area contributed by atoms with Gasteiger partial charge in [-0.1, -0.05) is 32.0 Å². The molecule has 2 aromatic rings. The van der Waals surface area contributed by atoms with Crippen LogP contribution in [0.1, 0.15) is 33.6 Å². The summed E-state index contributed by atoms with van der Waals surface area (Å²) in [5, 5.41) is 3.60. The molecular formula is C25H28N2O3S. The number of hydrogen-bond donors (Lipinski definition) is 1. The molecule has 0 amide bonds. The molecule has 0 bridgehead atoms. The number of hydrogen-bond acceptors (Lipinski definition) is 6. The monoisotopic (exact) mass is 436 g/mol. The number of thioether (sulfide) groups is 1. The van der Waals surface area contributed by atoms with Crippen LogP contribution in [0.5, 0.6) is 11.5 Å². The fourth-order valence-corrected chi connectivity index (χ4v) is 4.98. The van der Waals surface area contributed by atoms with Gasteiger partial charge in [0, 0.05) is 22.0 Å². The Morgan fingerprint density at radius 3 is 2.52 bits per heavy atom. The lowest BCUT2D eigenvalue weighted by atomic mass is 9.78. The van der Waals surface area contributed by atoms with Crippen LogP contribution in [0, 0.1) is 5.41 Å². The van der Waals surface area contributed by atoms with Crippen molar-refractivity contribution in [3.8, 4) is 11.5 Å². The number of nitrogens with zero attached hydrogens (tertiary/aromatic N) is 1. The maximum absolute atomic E-state index is 12.2. The van der Waals surface area contributed by atoms with Crippen molar-refractivity contribution in [3.63, 3.8) is 0 Å². The molecule has 2 aliphatic rings. The molecule has 1 heterocycles. The highest BCUT2D eigenvalue weighted by Gasteiger charge is 2.36. The second kappa shape index (κ2) is 9.18. The van der Waals surface area contributed by atoms with E-state index in [9.17, 15) is 4.79 Å². The summed E-state index contributed by atoms with van der Waals surface area (Å²) in [5.41, 5.74) is 3.25. The lowest BCUT2D eigenvalue weighted by Gasteiger charge is -2.36. The lowest BCUT2D eigenvalue weighted by molar-refractivity contribution is -0.143. The van der Waals surface area contributed by atoms with Crippen molar-refractivity contribution in [2.45, 2.75) is 39.7 Å². The third kappa shape index (κ3) is 5.31. The minimum absolute atomic E-state index is 0.0676. The molecule has 6 heteroatoms. The maximum atomic E-state index is 12.2. The van der Waals surface area contributed by atoms with Gasteiger partial charge in [-0.25, -0.2) is 4.79 Å². The summed E-state index contributed by atoms with van der Waals surface area (Å²) in [4.78, 5) is 18.1. The Balaban J connectivity index is 1.53. The molecule has 0 spiro atoms. The molecule has 1 unspecified atom stereocenters. The third-order valence-electron chi connectivity index (χ3n) is 5.22. The number of fused-ring (bicyclic) bond motifs is 1. The fourth-order valence-electron chi connectivity index (χ4n) is 3.86. The minimum Gasteiger partial charge on any atom is -0.464 e. The summed E-state index contributed by atoms with van der Waals surface area (Å²) in [7, 11) is 0. The summed E-state index contributed by atoms with van der Waals surface area (Å²) in [5.74, 6) is 2.00. The number of carbonyl (C=O) groups excluding carboxylic acids is 1. The van der Waals surface area contributed by atoms with Crippen LogP contribution < -0.4 is 10.1 Å². The van der Waals surface area contributed by atoms with Gasteiger partial charge in [0.25, 0.3) is 0 Å². The van der Waals surface area contributed by atoms with Gasteiger partial charge in [-0.3, -0.25) is 4.99 Å². The second-order valence-electron chi connectivity index (χ2n) is 8.54. The van der Waals surface area contributed by atoms with E-state index in [1.165, 1.54) is 10.6 Å². The number of rotatable bonds is 6. The molecule has 0 fully saturated rings. The van der Waals surface area contributed by atoms with Crippen LogP contribution in [0.2, 0.25) is 0 Å². The number of esters is 1. The van der Waals surface area contributed by atoms with E-state index in [1.807, 2.05) is 61.5 Å². The van der Waals surface area contributed by atoms with Crippen molar-refractivity contribution in [2.75, 3.05) is 17.7 Å². The predicted molar refractivity (Wildman–Crippen MR) is 127 cm³/mol. The SMILES string of the molecule is CCOC(=O)C1CSC2=C(Nc3ccc(Oc4ccccc4)cc3)CC(C)(C)CC2=N1. The molecule has 0 saturated heterocycles. The number of para-hydroxylation sites is 1. The largest absolute Gasteiger partial charge is 0.464 e. The molecule has 0 saturated carbocycles. The molecule has 31 heavy (non-hydrogen) atoms. The molecule has 5 nitrogen and oxygen atoms in total. The van der Waals surface area contributed by atoms with Gasteiger partial charge in [0.05, 0.1) is 12.3 Å². The van der Waals surface area contributed by atoms with Gasteiger partial charge >= 0.3 is 5.97 Å². The van der Waals surface area contributed by atoms with Crippen LogP contribution in [-0.2, 0) is 9.53 Å². The number of aliphatic imine (C=N–C) groups is 1. The average molecular weight is 437 g/mol. The zero-order chi connectivity index (χ0) is 21.8. The Morgan fingerprint density at radius 1 is 1.10 bits per heavy atom. The van der Waals surface area contributed by atoms with E-state index < -0.39 is 6.04 Å². The quantitative estimate of drug-likeness (QED) is 0.559. The lowest BCUT2D eigenvalue weighted by Crippen LogP contribution is -2.34. The van der Waals surface area contributed by atoms with E-state index in [4.69, 9.17) is 14.5 Å². The highest BCUT2D eigenvalue weighted by molar-refractivity contribution is 8.04. The summed E-state index contributed by atoms with van der Waals surface area (Å²) in [6.07, 6.45) is 1.79. The highest BCUT2D eigenvalue weighted by Crippen LogP contribution is 2.43. The predicted octanol–water partition coefficient (Wildman–Crippen LogP) is 6.04. The van der Waals surface area contributed by atoms with Gasteiger partial charge in [-0.05, 0) is 61.6 Å². The van der Waals surface area contributed by atoms with Crippen molar-refractivity contribution in [1.29, 1.82) is 0 Å². The summed E-state index contributed by atoms with van der Waals surface area (Å²) < 4.78 is 11.1. The van der Waals surface area contributed by atoms with Crippen LogP contribution in [0.25, 0.3) is 0 Å². The van der Waals surface area contributed by atoms with Crippen molar-refractivity contribution >= 4 is 29.1 Å². The standard InChI is InChI=1S/C25H28N2O3S/c1-4-29-24(28)22-16-31-23-20(14-25(2,3)15-21(23)27-22)26-17-10-12-19(13-11-17)30-18-8-6-5-7-9-18/h5-13,22,26H,4,14-16H2,1-3H3. The fraction of sp³-hybridized carbons (Fsp3) is 0.360. The first-order valence-corrected chi connectivity index (χ1v) is 11.6. The van der Waals surface area contributed by atoms with E-state index in [2.05, 4.69) is 19.2 Å². The zero-order valence-corrected chi connectivity index (χ0v) is 19.0. The summed E-state index contributed by atoms with van der Waals surface area (Å²) >= 11 is 1.70. The van der Waals surface area contributed by atoms with Gasteiger partial charge < -0.3 is 14.8 Å². The number of anilines is 1. The topological polar surface area (TPSA) is 59.9 Å². The van der Waals surface area contributed by atoms with Gasteiger partial charge in [0.2, 0.25) is 0 Å². The van der Waals surface area contributed by atoms with Gasteiger partial charge in [-0.2, -0.15) is 0 Å². The normalized spacial score (nSPS) is 19.8. The molecule has 1 aliphatic heterocycles.